The Morgan fingerprint density at radius 3 is 2.59 bits per heavy atom. The zero-order valence-corrected chi connectivity index (χ0v) is 18.2. The molecule has 7 nitrogen and oxygen atoms in total. The first-order valence-corrected chi connectivity index (χ1v) is 11.8. The number of thiazole rings is 1. The highest BCUT2D eigenvalue weighted by Crippen LogP contribution is 2.22. The summed E-state index contributed by atoms with van der Waals surface area (Å²) in [6.07, 6.45) is 1.44. The molecule has 1 aliphatic heterocycles. The molecule has 1 aromatic heterocycles. The van der Waals surface area contributed by atoms with Crippen molar-refractivity contribution in [1.29, 1.82) is 0 Å². The molecule has 1 amide bonds. The maximum atomic E-state index is 13.1. The average Bonchev–Trinajstić information content (AvgIpc) is 2.87. The van der Waals surface area contributed by atoms with Gasteiger partial charge >= 0.3 is 0 Å². The Labute approximate surface area is 174 Å². The van der Waals surface area contributed by atoms with Gasteiger partial charge in [0, 0.05) is 24.5 Å². The Hall–Kier alpha value is -1.88. The normalized spacial score (nSPS) is 16.5. The third kappa shape index (κ3) is 5.39. The minimum absolute atomic E-state index is 0.0796. The minimum Gasteiger partial charge on any atom is -0.301 e. The molecule has 29 heavy (non-hydrogen) atoms. The van der Waals surface area contributed by atoms with Crippen LogP contribution in [0.15, 0.2) is 29.2 Å². The molecule has 2 heterocycles. The summed E-state index contributed by atoms with van der Waals surface area (Å²) < 4.78 is 40.1. The highest BCUT2D eigenvalue weighted by Gasteiger charge is 2.27. The van der Waals surface area contributed by atoms with Gasteiger partial charge in [0.1, 0.15) is 5.82 Å². The predicted molar refractivity (Wildman–Crippen MR) is 111 cm³/mol. The maximum absolute atomic E-state index is 13.1. The molecule has 0 spiro atoms. The van der Waals surface area contributed by atoms with Crippen LogP contribution < -0.4 is 5.32 Å². The van der Waals surface area contributed by atoms with E-state index in [1.54, 1.807) is 0 Å². The van der Waals surface area contributed by atoms with E-state index in [0.717, 1.165) is 29.1 Å². The lowest BCUT2D eigenvalue weighted by Crippen LogP contribution is -2.38. The van der Waals surface area contributed by atoms with E-state index in [1.807, 2.05) is 18.7 Å². The van der Waals surface area contributed by atoms with Crippen LogP contribution in [0.4, 0.5) is 9.52 Å². The SMILES string of the molecule is CCc1nc(NC(=O)CN2CCCN(S(=O)(=O)c3ccc(F)cc3)CC2)sc1C. The van der Waals surface area contributed by atoms with Gasteiger partial charge in [-0.3, -0.25) is 9.69 Å². The second-order valence-electron chi connectivity index (χ2n) is 6.91. The zero-order chi connectivity index (χ0) is 21.0. The first kappa shape index (κ1) is 21.8. The van der Waals surface area contributed by atoms with Crippen LogP contribution in [0.3, 0.4) is 0 Å². The van der Waals surface area contributed by atoms with Gasteiger partial charge in [0.05, 0.1) is 17.1 Å². The second-order valence-corrected chi connectivity index (χ2v) is 10.1. The molecular weight excluding hydrogens is 415 g/mol. The molecule has 1 saturated heterocycles. The Balaban J connectivity index is 1.57. The van der Waals surface area contributed by atoms with Crippen molar-refractivity contribution in [2.24, 2.45) is 0 Å². The Morgan fingerprint density at radius 1 is 1.21 bits per heavy atom. The summed E-state index contributed by atoms with van der Waals surface area (Å²) >= 11 is 1.46. The molecule has 1 N–H and O–H groups in total. The molecule has 158 valence electrons. The summed E-state index contributed by atoms with van der Waals surface area (Å²) in [5.74, 6) is -0.630. The zero-order valence-electron chi connectivity index (χ0n) is 16.5. The van der Waals surface area contributed by atoms with E-state index in [0.29, 0.717) is 31.2 Å². The van der Waals surface area contributed by atoms with Crippen LogP contribution in [0.5, 0.6) is 0 Å². The molecule has 10 heteroatoms. The maximum Gasteiger partial charge on any atom is 0.243 e. The summed E-state index contributed by atoms with van der Waals surface area (Å²) in [4.78, 5) is 19.9. The fourth-order valence-electron chi connectivity index (χ4n) is 3.27. The number of rotatable bonds is 6. The van der Waals surface area contributed by atoms with Crippen LogP contribution in [0.1, 0.15) is 23.9 Å². The molecule has 2 aromatic rings. The average molecular weight is 441 g/mol. The van der Waals surface area contributed by atoms with E-state index in [2.05, 4.69) is 10.3 Å². The van der Waals surface area contributed by atoms with Crippen molar-refractivity contribution in [1.82, 2.24) is 14.2 Å². The van der Waals surface area contributed by atoms with Crippen LogP contribution in [0.2, 0.25) is 0 Å². The van der Waals surface area contributed by atoms with Gasteiger partial charge in [-0.1, -0.05) is 6.92 Å². The van der Waals surface area contributed by atoms with E-state index < -0.39 is 15.8 Å². The van der Waals surface area contributed by atoms with Gasteiger partial charge in [0.2, 0.25) is 15.9 Å². The smallest absolute Gasteiger partial charge is 0.243 e. The number of amides is 1. The van der Waals surface area contributed by atoms with Crippen LogP contribution in [0, 0.1) is 12.7 Å². The fourth-order valence-corrected chi connectivity index (χ4v) is 5.66. The lowest BCUT2D eigenvalue weighted by molar-refractivity contribution is -0.117. The lowest BCUT2D eigenvalue weighted by Gasteiger charge is -2.21. The standard InChI is InChI=1S/C19H25FN4O3S2/c1-3-17-14(2)28-19(21-17)22-18(25)13-23-9-4-10-24(12-11-23)29(26,27)16-7-5-15(20)6-8-16/h5-8H,3-4,9-13H2,1-2H3,(H,21,22,25). The van der Waals surface area contributed by atoms with Gasteiger partial charge in [-0.15, -0.1) is 11.3 Å². The summed E-state index contributed by atoms with van der Waals surface area (Å²) in [7, 11) is -3.68. The third-order valence-corrected chi connectivity index (χ3v) is 7.68. The van der Waals surface area contributed by atoms with Crippen molar-refractivity contribution >= 4 is 32.4 Å². The number of halogens is 1. The molecule has 3 rings (SSSR count). The number of hydrogen-bond donors (Lipinski definition) is 1. The van der Waals surface area contributed by atoms with Gasteiger partial charge < -0.3 is 5.32 Å². The van der Waals surface area contributed by atoms with Crippen molar-refractivity contribution in [2.75, 3.05) is 38.0 Å². The first-order chi connectivity index (χ1) is 13.8. The number of carbonyl (C=O) groups excluding carboxylic acids is 1. The van der Waals surface area contributed by atoms with Gasteiger partial charge in [0.25, 0.3) is 0 Å². The van der Waals surface area contributed by atoms with Gasteiger partial charge in [-0.2, -0.15) is 4.31 Å². The molecule has 0 unspecified atom stereocenters. The molecule has 1 fully saturated rings. The lowest BCUT2D eigenvalue weighted by atomic mass is 10.3. The number of aryl methyl sites for hydroxylation is 2. The van der Waals surface area contributed by atoms with Crippen molar-refractivity contribution in [3.8, 4) is 0 Å². The number of anilines is 1. The van der Waals surface area contributed by atoms with Crippen LogP contribution >= 0.6 is 11.3 Å². The van der Waals surface area contributed by atoms with E-state index in [4.69, 9.17) is 0 Å². The number of carbonyl (C=O) groups is 1. The quantitative estimate of drug-likeness (QED) is 0.746. The van der Waals surface area contributed by atoms with Crippen LogP contribution in [-0.4, -0.2) is 61.2 Å². The molecular formula is C19H25FN4O3S2. The molecule has 1 aliphatic rings. The monoisotopic (exact) mass is 440 g/mol. The van der Waals surface area contributed by atoms with Crippen LogP contribution in [0.25, 0.3) is 0 Å². The molecule has 0 bridgehead atoms. The summed E-state index contributed by atoms with van der Waals surface area (Å²) in [5.41, 5.74) is 0.988. The van der Waals surface area contributed by atoms with E-state index in [-0.39, 0.29) is 23.9 Å². The van der Waals surface area contributed by atoms with E-state index >= 15 is 0 Å². The Morgan fingerprint density at radius 2 is 1.93 bits per heavy atom. The van der Waals surface area contributed by atoms with Crippen molar-refractivity contribution in [3.05, 3.63) is 40.7 Å². The molecule has 0 saturated carbocycles. The Bertz CT molecular complexity index is 960. The minimum atomic E-state index is -3.68. The van der Waals surface area contributed by atoms with Gasteiger partial charge in [0.15, 0.2) is 5.13 Å². The second kappa shape index (κ2) is 9.29. The number of nitrogens with one attached hydrogen (secondary N) is 1. The Kier molecular flexibility index (Phi) is 6.99. The largest absolute Gasteiger partial charge is 0.301 e. The van der Waals surface area contributed by atoms with Crippen molar-refractivity contribution in [2.45, 2.75) is 31.6 Å². The first-order valence-electron chi connectivity index (χ1n) is 9.54. The van der Waals surface area contributed by atoms with E-state index in [1.165, 1.54) is 27.8 Å². The van der Waals surface area contributed by atoms with Gasteiger partial charge in [-0.25, -0.2) is 17.8 Å². The third-order valence-electron chi connectivity index (χ3n) is 4.84. The number of hydrogen-bond acceptors (Lipinski definition) is 6. The number of benzene rings is 1. The number of nitrogens with zero attached hydrogens (tertiary/aromatic N) is 3. The molecule has 0 aliphatic carbocycles. The fraction of sp³-hybridized carbons (Fsp3) is 0.474. The highest BCUT2D eigenvalue weighted by atomic mass is 32.2. The van der Waals surface area contributed by atoms with E-state index in [9.17, 15) is 17.6 Å². The summed E-state index contributed by atoms with van der Waals surface area (Å²) in [6.45, 7) is 5.91. The van der Waals surface area contributed by atoms with Crippen molar-refractivity contribution in [3.63, 3.8) is 0 Å². The van der Waals surface area contributed by atoms with Crippen LogP contribution in [-0.2, 0) is 21.2 Å². The highest BCUT2D eigenvalue weighted by molar-refractivity contribution is 7.89. The summed E-state index contributed by atoms with van der Waals surface area (Å²) in [6, 6.07) is 4.85. The summed E-state index contributed by atoms with van der Waals surface area (Å²) in [5, 5.41) is 3.43. The topological polar surface area (TPSA) is 82.6 Å². The predicted octanol–water partition coefficient (Wildman–Crippen LogP) is 2.49. The molecule has 0 radical (unpaired) electrons. The number of aromatic nitrogens is 1. The number of sulfonamides is 1. The van der Waals surface area contributed by atoms with Gasteiger partial charge in [-0.05, 0) is 50.6 Å². The van der Waals surface area contributed by atoms with Crippen molar-refractivity contribution < 1.29 is 17.6 Å². The molecule has 0 atom stereocenters. The molecule has 1 aromatic carbocycles.